The molecule has 1 unspecified atom stereocenters. The van der Waals surface area contributed by atoms with E-state index in [0.717, 1.165) is 42.5 Å². The maximum atomic E-state index is 13.2. The summed E-state index contributed by atoms with van der Waals surface area (Å²) in [7, 11) is 0. The van der Waals surface area contributed by atoms with Gasteiger partial charge in [-0.15, -0.1) is 0 Å². The minimum absolute atomic E-state index is 0.0160. The van der Waals surface area contributed by atoms with Crippen LogP contribution in [0.25, 0.3) is 6.08 Å². The first-order valence-electron chi connectivity index (χ1n) is 9.56. The summed E-state index contributed by atoms with van der Waals surface area (Å²) >= 11 is 0. The van der Waals surface area contributed by atoms with Gasteiger partial charge in [0.1, 0.15) is 11.6 Å². The largest absolute Gasteiger partial charge is 0.373 e. The van der Waals surface area contributed by atoms with Gasteiger partial charge in [-0.05, 0) is 48.4 Å². The molecule has 0 saturated carbocycles. The Labute approximate surface area is 169 Å². The van der Waals surface area contributed by atoms with Crippen LogP contribution in [0.5, 0.6) is 0 Å². The Kier molecular flexibility index (Phi) is 6.95. The highest BCUT2D eigenvalue weighted by atomic mass is 19.1. The zero-order valence-corrected chi connectivity index (χ0v) is 16.3. The molecule has 0 aromatic heterocycles. The van der Waals surface area contributed by atoms with Crippen LogP contribution in [0.15, 0.2) is 48.5 Å². The average molecular weight is 401 g/mol. The molecule has 1 aliphatic heterocycles. The maximum absolute atomic E-state index is 13.2. The first-order chi connectivity index (χ1) is 13.9. The van der Waals surface area contributed by atoms with Crippen molar-refractivity contribution in [2.75, 3.05) is 31.1 Å². The number of benzene rings is 2. The lowest BCUT2D eigenvalue weighted by molar-refractivity contribution is -0.117. The molecule has 1 amide bonds. The van der Waals surface area contributed by atoms with Crippen LogP contribution in [-0.2, 0) is 9.53 Å². The number of nitrogens with one attached hydrogen (secondary N) is 1. The van der Waals surface area contributed by atoms with E-state index in [1.165, 1.54) is 12.2 Å². The molecule has 0 spiro atoms. The quantitative estimate of drug-likeness (QED) is 0.731. The van der Waals surface area contributed by atoms with E-state index in [-0.39, 0.29) is 23.6 Å². The fourth-order valence-corrected chi connectivity index (χ4v) is 3.28. The zero-order valence-electron chi connectivity index (χ0n) is 16.3. The minimum Gasteiger partial charge on any atom is -0.373 e. The Hall–Kier alpha value is -2.77. The van der Waals surface area contributed by atoms with Gasteiger partial charge in [0.25, 0.3) is 0 Å². The maximum Gasteiger partial charge on any atom is 0.244 e. The number of hydrogen-bond donors (Lipinski definition) is 2. The van der Waals surface area contributed by atoms with Gasteiger partial charge in [-0.25, -0.2) is 8.78 Å². The SMILES string of the molecule is CC(NC(=O)C=Cc1cc(F)cc(F)c1)c1cccc(N2CCO[C@@H](CN)C2)c1. The molecule has 2 aromatic carbocycles. The second-order valence-corrected chi connectivity index (χ2v) is 7.04. The van der Waals surface area contributed by atoms with Crippen molar-refractivity contribution in [1.29, 1.82) is 0 Å². The van der Waals surface area contributed by atoms with Crippen LogP contribution in [0.2, 0.25) is 0 Å². The lowest BCUT2D eigenvalue weighted by Gasteiger charge is -2.34. The third-order valence-electron chi connectivity index (χ3n) is 4.81. The summed E-state index contributed by atoms with van der Waals surface area (Å²) in [6, 6.07) is 10.8. The molecular weight excluding hydrogens is 376 g/mol. The van der Waals surface area contributed by atoms with Crippen LogP contribution in [-0.4, -0.2) is 38.3 Å². The van der Waals surface area contributed by atoms with E-state index < -0.39 is 11.6 Å². The monoisotopic (exact) mass is 401 g/mol. The smallest absolute Gasteiger partial charge is 0.244 e. The van der Waals surface area contributed by atoms with Crippen molar-refractivity contribution in [1.82, 2.24) is 5.32 Å². The number of hydrogen-bond acceptors (Lipinski definition) is 4. The molecule has 0 bridgehead atoms. The van der Waals surface area contributed by atoms with Gasteiger partial charge in [-0.2, -0.15) is 0 Å². The Bertz CT molecular complexity index is 868. The van der Waals surface area contributed by atoms with Gasteiger partial charge >= 0.3 is 0 Å². The van der Waals surface area contributed by atoms with Crippen molar-refractivity contribution in [3.05, 3.63) is 71.3 Å². The van der Waals surface area contributed by atoms with Crippen molar-refractivity contribution in [2.24, 2.45) is 5.73 Å². The lowest BCUT2D eigenvalue weighted by Crippen LogP contribution is -2.45. The molecule has 3 rings (SSSR count). The molecule has 0 aliphatic carbocycles. The van der Waals surface area contributed by atoms with Crippen LogP contribution in [0, 0.1) is 11.6 Å². The summed E-state index contributed by atoms with van der Waals surface area (Å²) in [5, 5.41) is 2.87. The molecule has 1 heterocycles. The van der Waals surface area contributed by atoms with E-state index >= 15 is 0 Å². The van der Waals surface area contributed by atoms with Gasteiger partial charge in [0.2, 0.25) is 5.91 Å². The Morgan fingerprint density at radius 3 is 2.79 bits per heavy atom. The molecule has 5 nitrogen and oxygen atoms in total. The topological polar surface area (TPSA) is 67.6 Å². The first-order valence-corrected chi connectivity index (χ1v) is 9.56. The summed E-state index contributed by atoms with van der Waals surface area (Å²) in [6.45, 7) is 4.50. The van der Waals surface area contributed by atoms with Crippen LogP contribution in [0.4, 0.5) is 14.5 Å². The van der Waals surface area contributed by atoms with Crippen molar-refractivity contribution >= 4 is 17.7 Å². The molecule has 2 aromatic rings. The average Bonchev–Trinajstić information content (AvgIpc) is 2.71. The van der Waals surface area contributed by atoms with Crippen molar-refractivity contribution in [2.45, 2.75) is 19.1 Å². The predicted octanol–water partition coefficient (Wildman–Crippen LogP) is 3.02. The third-order valence-corrected chi connectivity index (χ3v) is 4.81. The third kappa shape index (κ3) is 5.85. The predicted molar refractivity (Wildman–Crippen MR) is 109 cm³/mol. The number of rotatable bonds is 6. The molecular formula is C22H25F2N3O2. The number of amides is 1. The number of anilines is 1. The summed E-state index contributed by atoms with van der Waals surface area (Å²) in [6.07, 6.45) is 2.66. The zero-order chi connectivity index (χ0) is 20.8. The minimum atomic E-state index is -0.685. The van der Waals surface area contributed by atoms with Crippen LogP contribution >= 0.6 is 0 Å². The lowest BCUT2D eigenvalue weighted by atomic mass is 10.1. The molecule has 1 aliphatic rings. The highest BCUT2D eigenvalue weighted by Gasteiger charge is 2.20. The van der Waals surface area contributed by atoms with Crippen molar-refractivity contribution in [3.8, 4) is 0 Å². The van der Waals surface area contributed by atoms with Crippen molar-refractivity contribution < 1.29 is 18.3 Å². The van der Waals surface area contributed by atoms with Crippen molar-refractivity contribution in [3.63, 3.8) is 0 Å². The highest BCUT2D eigenvalue weighted by molar-refractivity contribution is 5.92. The van der Waals surface area contributed by atoms with E-state index in [4.69, 9.17) is 10.5 Å². The highest BCUT2D eigenvalue weighted by Crippen LogP contribution is 2.22. The fourth-order valence-electron chi connectivity index (χ4n) is 3.28. The molecule has 1 saturated heterocycles. The fraction of sp³-hybridized carbons (Fsp3) is 0.318. The van der Waals surface area contributed by atoms with Gasteiger partial charge in [0, 0.05) is 37.5 Å². The second-order valence-electron chi connectivity index (χ2n) is 7.04. The molecule has 2 atom stereocenters. The summed E-state index contributed by atoms with van der Waals surface area (Å²) in [4.78, 5) is 14.4. The van der Waals surface area contributed by atoms with Gasteiger partial charge < -0.3 is 20.7 Å². The van der Waals surface area contributed by atoms with E-state index in [1.54, 1.807) is 0 Å². The van der Waals surface area contributed by atoms with E-state index in [0.29, 0.717) is 13.2 Å². The first kappa shape index (κ1) is 21.0. The number of nitrogens with two attached hydrogens (primary N) is 1. The molecule has 3 N–H and O–H groups in total. The van der Waals surface area contributed by atoms with Crippen LogP contribution in [0.3, 0.4) is 0 Å². The molecule has 0 radical (unpaired) electrons. The van der Waals surface area contributed by atoms with Gasteiger partial charge in [-0.1, -0.05) is 12.1 Å². The van der Waals surface area contributed by atoms with E-state index in [2.05, 4.69) is 10.2 Å². The van der Waals surface area contributed by atoms with Gasteiger partial charge in [0.15, 0.2) is 0 Å². The molecule has 7 heteroatoms. The standard InChI is InChI=1S/C22H25F2N3O2/c1-15(26-22(28)6-5-16-9-18(23)12-19(24)10-16)17-3-2-4-20(11-17)27-7-8-29-21(13-25)14-27/h2-6,9-12,15,21H,7-8,13-14,25H2,1H3,(H,26,28)/t15?,21-/m0/s1. The van der Waals surface area contributed by atoms with E-state index in [9.17, 15) is 13.6 Å². The van der Waals surface area contributed by atoms with E-state index in [1.807, 2.05) is 31.2 Å². The summed E-state index contributed by atoms with van der Waals surface area (Å²) < 4.78 is 32.1. The number of nitrogens with zero attached hydrogens (tertiary/aromatic N) is 1. The summed E-state index contributed by atoms with van der Waals surface area (Å²) in [5.74, 6) is -1.72. The molecule has 154 valence electrons. The van der Waals surface area contributed by atoms with Gasteiger partial charge in [0.05, 0.1) is 18.8 Å². The second kappa shape index (κ2) is 9.62. The normalized spacial score (nSPS) is 18.1. The Balaban J connectivity index is 1.63. The number of carbonyl (C=O) groups is 1. The number of carbonyl (C=O) groups excluding carboxylic acids is 1. The summed E-state index contributed by atoms with van der Waals surface area (Å²) in [5.41, 5.74) is 8.01. The van der Waals surface area contributed by atoms with Gasteiger partial charge in [-0.3, -0.25) is 4.79 Å². The molecule has 29 heavy (non-hydrogen) atoms. The van der Waals surface area contributed by atoms with Crippen LogP contribution < -0.4 is 16.0 Å². The Morgan fingerprint density at radius 1 is 1.31 bits per heavy atom. The molecule has 1 fully saturated rings. The number of morpholine rings is 1. The number of ether oxygens (including phenoxy) is 1. The number of halogens is 2. The van der Waals surface area contributed by atoms with Crippen LogP contribution in [0.1, 0.15) is 24.1 Å². The Morgan fingerprint density at radius 2 is 2.07 bits per heavy atom.